The molecule has 3 heterocycles. The molecule has 2 saturated heterocycles. The molecule has 0 bridgehead atoms. The molecule has 6 heteroatoms. The summed E-state index contributed by atoms with van der Waals surface area (Å²) in [6.45, 7) is 6.24. The predicted octanol–water partition coefficient (Wildman–Crippen LogP) is 2.52. The Balaban J connectivity index is 1.19. The van der Waals surface area contributed by atoms with Crippen molar-refractivity contribution in [3.63, 3.8) is 0 Å². The topological polar surface area (TPSA) is 45.3 Å². The monoisotopic (exact) mass is 405 g/mol. The van der Waals surface area contributed by atoms with Gasteiger partial charge in [-0.05, 0) is 11.6 Å². The normalized spacial score (nSPS) is 21.7. The van der Waals surface area contributed by atoms with Gasteiger partial charge in [0.2, 0.25) is 0 Å². The van der Waals surface area contributed by atoms with E-state index in [0.717, 1.165) is 44.0 Å². The number of carbonyl (C=O) groups excluding carboxylic acids is 1. The molecule has 0 saturated carbocycles. The fourth-order valence-electron chi connectivity index (χ4n) is 4.44. The Labute approximate surface area is 177 Å². The molecule has 3 aliphatic rings. The second-order valence-electron chi connectivity index (χ2n) is 7.94. The number of benzene rings is 2. The highest BCUT2D eigenvalue weighted by Gasteiger charge is 2.56. The number of ether oxygens (including phenoxy) is 2. The van der Waals surface area contributed by atoms with Gasteiger partial charge in [0.25, 0.3) is 11.7 Å². The molecule has 2 aromatic carbocycles. The van der Waals surface area contributed by atoms with Crippen LogP contribution in [-0.4, -0.2) is 68.3 Å². The molecule has 2 aromatic rings. The van der Waals surface area contributed by atoms with Crippen molar-refractivity contribution in [2.45, 2.75) is 5.79 Å². The maximum absolute atomic E-state index is 13.2. The van der Waals surface area contributed by atoms with Crippen molar-refractivity contribution < 1.29 is 14.3 Å². The quantitative estimate of drug-likeness (QED) is 0.765. The zero-order valence-corrected chi connectivity index (χ0v) is 17.1. The molecule has 0 aromatic heterocycles. The van der Waals surface area contributed by atoms with Crippen LogP contribution in [0, 0.1) is 0 Å². The summed E-state index contributed by atoms with van der Waals surface area (Å²) in [5.41, 5.74) is 2.96. The first-order valence-corrected chi connectivity index (χ1v) is 10.6. The summed E-state index contributed by atoms with van der Waals surface area (Å²) in [5.74, 6) is -1.34. The van der Waals surface area contributed by atoms with E-state index in [4.69, 9.17) is 9.47 Å². The molecule has 5 rings (SSSR count). The number of nitrogens with zero attached hydrogens (tertiary/aromatic N) is 3. The summed E-state index contributed by atoms with van der Waals surface area (Å²) in [7, 11) is 0. The summed E-state index contributed by atoms with van der Waals surface area (Å²) in [4.78, 5) is 19.8. The lowest BCUT2D eigenvalue weighted by molar-refractivity contribution is -0.181. The van der Waals surface area contributed by atoms with Crippen LogP contribution in [0.4, 0.5) is 5.69 Å². The fourth-order valence-corrected chi connectivity index (χ4v) is 4.44. The Morgan fingerprint density at radius 3 is 2.30 bits per heavy atom. The molecular weight excluding hydrogens is 378 g/mol. The summed E-state index contributed by atoms with van der Waals surface area (Å²) in [6.07, 6.45) is 4.40. The second-order valence-corrected chi connectivity index (χ2v) is 7.94. The number of fused-ring (bicyclic) bond motifs is 2. The molecule has 30 heavy (non-hydrogen) atoms. The van der Waals surface area contributed by atoms with E-state index in [1.807, 2.05) is 35.2 Å². The molecular formula is C24H27N3O3. The van der Waals surface area contributed by atoms with Crippen LogP contribution in [0.1, 0.15) is 11.1 Å². The molecule has 0 atom stereocenters. The van der Waals surface area contributed by atoms with Crippen LogP contribution in [0.2, 0.25) is 0 Å². The van der Waals surface area contributed by atoms with E-state index in [9.17, 15) is 4.79 Å². The van der Waals surface area contributed by atoms with Gasteiger partial charge in [0.1, 0.15) is 0 Å². The van der Waals surface area contributed by atoms with Gasteiger partial charge in [-0.25, -0.2) is 0 Å². The molecule has 1 amide bonds. The lowest BCUT2D eigenvalue weighted by Crippen LogP contribution is -2.52. The molecule has 0 N–H and O–H groups in total. The summed E-state index contributed by atoms with van der Waals surface area (Å²) < 4.78 is 11.6. The number of carbonyl (C=O) groups is 1. The van der Waals surface area contributed by atoms with Crippen LogP contribution in [-0.2, 0) is 20.1 Å². The highest BCUT2D eigenvalue weighted by molar-refractivity contribution is 6.06. The minimum Gasteiger partial charge on any atom is -0.336 e. The van der Waals surface area contributed by atoms with Crippen LogP contribution in [0.15, 0.2) is 60.7 Å². The van der Waals surface area contributed by atoms with E-state index >= 15 is 0 Å². The number of hydrogen-bond donors (Lipinski definition) is 0. The van der Waals surface area contributed by atoms with Gasteiger partial charge in [0.15, 0.2) is 0 Å². The van der Waals surface area contributed by atoms with Gasteiger partial charge in [-0.2, -0.15) is 0 Å². The van der Waals surface area contributed by atoms with Gasteiger partial charge in [0.05, 0.1) is 25.6 Å². The fraction of sp³-hybridized carbons (Fsp3) is 0.375. The summed E-state index contributed by atoms with van der Waals surface area (Å²) >= 11 is 0. The third-order valence-electron chi connectivity index (χ3n) is 6.05. The van der Waals surface area contributed by atoms with Gasteiger partial charge in [0, 0.05) is 38.3 Å². The number of piperazine rings is 1. The number of hydrogen-bond acceptors (Lipinski definition) is 5. The first kappa shape index (κ1) is 19.5. The van der Waals surface area contributed by atoms with Crippen LogP contribution < -0.4 is 4.90 Å². The van der Waals surface area contributed by atoms with E-state index in [1.54, 1.807) is 0 Å². The van der Waals surface area contributed by atoms with Crippen molar-refractivity contribution >= 4 is 17.7 Å². The van der Waals surface area contributed by atoms with E-state index in [2.05, 4.69) is 46.2 Å². The average Bonchev–Trinajstić information content (AvgIpc) is 3.37. The molecule has 0 radical (unpaired) electrons. The van der Waals surface area contributed by atoms with Gasteiger partial charge >= 0.3 is 0 Å². The van der Waals surface area contributed by atoms with Crippen molar-refractivity contribution in [3.05, 3.63) is 71.8 Å². The van der Waals surface area contributed by atoms with Crippen molar-refractivity contribution in [1.82, 2.24) is 9.80 Å². The number of para-hydroxylation sites is 1. The largest absolute Gasteiger partial charge is 0.336 e. The average molecular weight is 405 g/mol. The molecule has 1 spiro atoms. The zero-order chi connectivity index (χ0) is 20.4. The highest BCUT2D eigenvalue weighted by Crippen LogP contribution is 2.45. The lowest BCUT2D eigenvalue weighted by atomic mass is 10.1. The van der Waals surface area contributed by atoms with Crippen molar-refractivity contribution in [3.8, 4) is 0 Å². The number of rotatable bonds is 5. The van der Waals surface area contributed by atoms with Crippen molar-refractivity contribution in [1.29, 1.82) is 0 Å². The highest BCUT2D eigenvalue weighted by atomic mass is 16.7. The Morgan fingerprint density at radius 2 is 1.53 bits per heavy atom. The summed E-state index contributed by atoms with van der Waals surface area (Å²) in [6, 6.07) is 18.2. The van der Waals surface area contributed by atoms with Gasteiger partial charge in [-0.3, -0.25) is 19.5 Å². The molecule has 0 aliphatic carbocycles. The van der Waals surface area contributed by atoms with Crippen LogP contribution >= 0.6 is 0 Å². The Hall–Kier alpha value is -2.51. The number of amides is 1. The first-order valence-electron chi connectivity index (χ1n) is 10.6. The smallest absolute Gasteiger partial charge is 0.293 e. The standard InChI is InChI=1S/C24H27N3O3/c28-23-24(29-17-18-30-24)21-10-4-5-11-22(21)27(23)19-26-15-13-25(14-16-26)12-6-9-20-7-2-1-3-8-20/h1-11H,12-19H2. The first-order chi connectivity index (χ1) is 14.8. The van der Waals surface area contributed by atoms with E-state index in [1.165, 1.54) is 5.56 Å². The maximum Gasteiger partial charge on any atom is 0.293 e. The molecule has 6 nitrogen and oxygen atoms in total. The van der Waals surface area contributed by atoms with Crippen LogP contribution in [0.25, 0.3) is 6.08 Å². The molecule has 2 fully saturated rings. The summed E-state index contributed by atoms with van der Waals surface area (Å²) in [5, 5.41) is 0. The van der Waals surface area contributed by atoms with Gasteiger partial charge < -0.3 is 9.47 Å². The minimum atomic E-state index is -1.24. The number of anilines is 1. The third-order valence-corrected chi connectivity index (χ3v) is 6.05. The molecule has 156 valence electrons. The maximum atomic E-state index is 13.2. The SMILES string of the molecule is O=C1N(CN2CCN(CC=Cc3ccccc3)CC2)c2ccccc2C12OCCO2. The Kier molecular flexibility index (Phi) is 5.39. The lowest BCUT2D eigenvalue weighted by Gasteiger charge is -2.36. The third kappa shape index (κ3) is 3.56. The predicted molar refractivity (Wildman–Crippen MR) is 116 cm³/mol. The van der Waals surface area contributed by atoms with Crippen molar-refractivity contribution in [2.24, 2.45) is 0 Å². The van der Waals surface area contributed by atoms with E-state index < -0.39 is 5.79 Å². The van der Waals surface area contributed by atoms with E-state index in [-0.39, 0.29) is 5.91 Å². The van der Waals surface area contributed by atoms with Gasteiger partial charge in [-0.15, -0.1) is 0 Å². The Morgan fingerprint density at radius 1 is 0.867 bits per heavy atom. The zero-order valence-electron chi connectivity index (χ0n) is 17.1. The Bertz CT molecular complexity index is 916. The molecule has 3 aliphatic heterocycles. The van der Waals surface area contributed by atoms with Crippen LogP contribution in [0.5, 0.6) is 0 Å². The molecule has 0 unspecified atom stereocenters. The minimum absolute atomic E-state index is 0.102. The van der Waals surface area contributed by atoms with Crippen molar-refractivity contribution in [2.75, 3.05) is 57.5 Å². The van der Waals surface area contributed by atoms with Gasteiger partial charge in [-0.1, -0.05) is 60.7 Å². The van der Waals surface area contributed by atoms with E-state index in [0.29, 0.717) is 19.9 Å². The van der Waals surface area contributed by atoms with Crippen LogP contribution in [0.3, 0.4) is 0 Å². The second kappa shape index (κ2) is 8.32.